The molecule has 0 saturated heterocycles. The number of esters is 2. The summed E-state index contributed by atoms with van der Waals surface area (Å²) in [5, 5.41) is 0.561. The fourth-order valence-corrected chi connectivity index (χ4v) is 5.27. The summed E-state index contributed by atoms with van der Waals surface area (Å²) >= 11 is 0.0293. The number of nitrogens with zero attached hydrogens (tertiary/aromatic N) is 1. The normalized spacial score (nSPS) is 20.5. The van der Waals surface area contributed by atoms with Crippen LogP contribution in [-0.2, 0) is 23.8 Å². The minimum atomic E-state index is -1.46. The quantitative estimate of drug-likeness (QED) is 0.446. The summed E-state index contributed by atoms with van der Waals surface area (Å²) in [6, 6.07) is 19.3. The van der Waals surface area contributed by atoms with Gasteiger partial charge in [-0.2, -0.15) is 0 Å². The van der Waals surface area contributed by atoms with Crippen molar-refractivity contribution in [3.8, 4) is 0 Å². The molecule has 1 aliphatic heterocycles. The molecule has 0 radical (unpaired) electrons. The van der Waals surface area contributed by atoms with E-state index >= 15 is 0 Å². The average Bonchev–Trinajstić information content (AvgIpc) is 3.12. The molecule has 0 amide bonds. The molecule has 1 heterocycles. The zero-order chi connectivity index (χ0) is 20.7. The van der Waals surface area contributed by atoms with Gasteiger partial charge in [0.15, 0.2) is 0 Å². The molecule has 0 aromatic heterocycles. The topological polar surface area (TPSA) is 74.2 Å². The van der Waals surface area contributed by atoms with Gasteiger partial charge in [0.05, 0.1) is 0 Å². The van der Waals surface area contributed by atoms with Gasteiger partial charge in [0.2, 0.25) is 0 Å². The molecule has 0 saturated carbocycles. The number of carbonyl (C=O) groups is 2. The van der Waals surface area contributed by atoms with Crippen LogP contribution in [0.15, 0.2) is 65.7 Å². The molecule has 7 heteroatoms. The van der Waals surface area contributed by atoms with E-state index in [4.69, 9.17) is 14.2 Å². The van der Waals surface area contributed by atoms with Crippen molar-refractivity contribution in [1.29, 1.82) is 0 Å². The summed E-state index contributed by atoms with van der Waals surface area (Å²) in [5.41, 5.74) is -0.706. The maximum atomic E-state index is 12.9. The van der Waals surface area contributed by atoms with Crippen molar-refractivity contribution in [3.63, 3.8) is 0 Å². The monoisotopic (exact) mass is 461 g/mol. The molecule has 152 valence electrons. The Morgan fingerprint density at radius 2 is 1.76 bits per heavy atom. The van der Waals surface area contributed by atoms with Crippen molar-refractivity contribution in [2.45, 2.75) is 30.3 Å². The summed E-state index contributed by atoms with van der Waals surface area (Å²) in [5.74, 6) is -0.753. The first kappa shape index (κ1) is 21.1. The fourth-order valence-electron chi connectivity index (χ4n) is 3.10. The number of rotatable bonds is 8. The van der Waals surface area contributed by atoms with Gasteiger partial charge < -0.3 is 0 Å². The van der Waals surface area contributed by atoms with Gasteiger partial charge in [-0.15, -0.1) is 0 Å². The Morgan fingerprint density at radius 3 is 2.38 bits per heavy atom. The molecule has 3 rings (SSSR count). The Hall–Kier alpha value is -2.63. The molecule has 6 nitrogen and oxygen atoms in total. The number of aliphatic imine (C=N–C) groups is 1. The Labute approximate surface area is 176 Å². The summed E-state index contributed by atoms with van der Waals surface area (Å²) in [6.07, 6.45) is -0.839. The Morgan fingerprint density at radius 1 is 1.10 bits per heavy atom. The molecule has 2 aromatic rings. The summed E-state index contributed by atoms with van der Waals surface area (Å²) in [7, 11) is 1.30. The number of hydrogen-bond acceptors (Lipinski definition) is 6. The van der Waals surface area contributed by atoms with E-state index in [0.29, 0.717) is 11.2 Å². The van der Waals surface area contributed by atoms with Gasteiger partial charge in [-0.25, -0.2) is 0 Å². The predicted molar refractivity (Wildman–Crippen MR) is 110 cm³/mol. The summed E-state index contributed by atoms with van der Waals surface area (Å²) in [6.45, 7) is 1.95. The number of hydrogen-bond donors (Lipinski definition) is 0. The van der Waals surface area contributed by atoms with Crippen LogP contribution in [0.3, 0.4) is 0 Å². The van der Waals surface area contributed by atoms with Crippen LogP contribution < -0.4 is 4.46 Å². The molecule has 0 fully saturated rings. The van der Waals surface area contributed by atoms with E-state index in [0.717, 1.165) is 5.56 Å². The third-order valence-electron chi connectivity index (χ3n) is 4.51. The van der Waals surface area contributed by atoms with E-state index in [1.54, 1.807) is 6.92 Å². The molecule has 0 aliphatic carbocycles. The van der Waals surface area contributed by atoms with E-state index in [1.807, 2.05) is 60.7 Å². The fraction of sp³-hybridized carbons (Fsp3) is 0.318. The molecule has 0 unspecified atom stereocenters. The second-order valence-corrected chi connectivity index (χ2v) is 8.71. The SMILES string of the molecule is CCOC(=O)C[C@@]1(C(=O)OC)N=C(c2ccccc2)O[C@@H]1C[Se]c1ccccc1. The predicted octanol–water partition coefficient (Wildman–Crippen LogP) is 2.14. The van der Waals surface area contributed by atoms with Gasteiger partial charge >= 0.3 is 176 Å². The van der Waals surface area contributed by atoms with Crippen LogP contribution >= 0.6 is 0 Å². The molecule has 0 bridgehead atoms. The first-order valence-corrected chi connectivity index (χ1v) is 11.4. The number of ether oxygens (including phenoxy) is 3. The molecule has 2 aromatic carbocycles. The van der Waals surface area contributed by atoms with Crippen LogP contribution in [-0.4, -0.2) is 58.2 Å². The van der Waals surface area contributed by atoms with Crippen molar-refractivity contribution in [1.82, 2.24) is 0 Å². The van der Waals surface area contributed by atoms with Crippen LogP contribution in [0.25, 0.3) is 0 Å². The van der Waals surface area contributed by atoms with Crippen molar-refractivity contribution in [2.75, 3.05) is 13.7 Å². The third kappa shape index (κ3) is 4.86. The van der Waals surface area contributed by atoms with Gasteiger partial charge in [0.1, 0.15) is 0 Å². The van der Waals surface area contributed by atoms with E-state index in [2.05, 4.69) is 4.99 Å². The standard InChI is InChI=1S/C22H23NO5Se/c1-3-27-19(24)14-22(21(25)26-2)18(15-29-17-12-8-5-9-13-17)28-20(23-22)16-10-6-4-7-11-16/h4-13,18H,3,14-15H2,1-2H3/t18-,22-/m1/s1. The summed E-state index contributed by atoms with van der Waals surface area (Å²) < 4.78 is 17.5. The average molecular weight is 460 g/mol. The van der Waals surface area contributed by atoms with Gasteiger partial charge in [-0.1, -0.05) is 0 Å². The molecule has 1 aliphatic rings. The van der Waals surface area contributed by atoms with E-state index in [9.17, 15) is 9.59 Å². The van der Waals surface area contributed by atoms with Crippen molar-refractivity contribution < 1.29 is 23.8 Å². The van der Waals surface area contributed by atoms with Crippen molar-refractivity contribution >= 4 is 37.3 Å². The van der Waals surface area contributed by atoms with Crippen molar-refractivity contribution in [3.05, 3.63) is 66.2 Å². The maximum absolute atomic E-state index is 12.9. The zero-order valence-corrected chi connectivity index (χ0v) is 18.1. The summed E-state index contributed by atoms with van der Waals surface area (Å²) in [4.78, 5) is 29.8. The number of benzene rings is 2. The van der Waals surface area contributed by atoms with Crippen molar-refractivity contribution in [2.24, 2.45) is 4.99 Å². The number of methoxy groups -OCH3 is 1. The Balaban J connectivity index is 1.94. The van der Waals surface area contributed by atoms with Gasteiger partial charge in [-0.3, -0.25) is 0 Å². The second-order valence-electron chi connectivity index (χ2n) is 6.41. The van der Waals surface area contributed by atoms with Gasteiger partial charge in [0, 0.05) is 0 Å². The van der Waals surface area contributed by atoms with E-state index in [-0.39, 0.29) is 28.0 Å². The van der Waals surface area contributed by atoms with Crippen LogP contribution in [0, 0.1) is 0 Å². The minimum absolute atomic E-state index is 0.0293. The Kier molecular flexibility index (Phi) is 7.07. The molecular formula is C22H23NO5Se. The zero-order valence-electron chi connectivity index (χ0n) is 16.4. The molecule has 29 heavy (non-hydrogen) atoms. The van der Waals surface area contributed by atoms with Crippen LogP contribution in [0.5, 0.6) is 0 Å². The number of carbonyl (C=O) groups excluding carboxylic acids is 2. The van der Waals surface area contributed by atoms with Gasteiger partial charge in [0.25, 0.3) is 0 Å². The van der Waals surface area contributed by atoms with Crippen LogP contribution in [0.1, 0.15) is 18.9 Å². The first-order valence-electron chi connectivity index (χ1n) is 9.33. The molecular weight excluding hydrogens is 437 g/mol. The van der Waals surface area contributed by atoms with Gasteiger partial charge in [-0.05, 0) is 0 Å². The first-order chi connectivity index (χ1) is 14.1. The molecule has 0 N–H and O–H groups in total. The van der Waals surface area contributed by atoms with Crippen LogP contribution in [0.4, 0.5) is 0 Å². The second kappa shape index (κ2) is 9.72. The Bertz CT molecular complexity index is 871. The third-order valence-corrected chi connectivity index (χ3v) is 6.77. The van der Waals surface area contributed by atoms with E-state index < -0.39 is 23.6 Å². The van der Waals surface area contributed by atoms with E-state index in [1.165, 1.54) is 11.6 Å². The molecule has 2 atom stereocenters. The van der Waals surface area contributed by atoms with Crippen LogP contribution in [0.2, 0.25) is 5.32 Å². The molecule has 0 spiro atoms.